The molecule has 1 unspecified atom stereocenters. The van der Waals surface area contributed by atoms with Crippen LogP contribution in [0.15, 0.2) is 18.6 Å². The van der Waals surface area contributed by atoms with Crippen LogP contribution in [-0.2, 0) is 0 Å². The average Bonchev–Trinajstić information content (AvgIpc) is 2.38. The molecule has 0 bridgehead atoms. The van der Waals surface area contributed by atoms with Crippen LogP contribution in [0, 0.1) is 0 Å². The summed E-state index contributed by atoms with van der Waals surface area (Å²) in [4.78, 5) is 13.7. The van der Waals surface area contributed by atoms with Gasteiger partial charge in [0.2, 0.25) is 0 Å². The second-order valence-corrected chi connectivity index (χ2v) is 5.19. The normalized spacial score (nSPS) is 24.7. The number of rotatable bonds is 3. The summed E-state index contributed by atoms with van der Waals surface area (Å²) in [6, 6.07) is 1.15. The van der Waals surface area contributed by atoms with E-state index in [1.807, 2.05) is 6.20 Å². The molecule has 5 heteroatoms. The van der Waals surface area contributed by atoms with Crippen LogP contribution >= 0.6 is 0 Å². The molecular weight excluding hydrogens is 226 g/mol. The standard InChI is InChI=1S/C13H21N5/c1-11(13-10-14-2-3-16-13)17-4-6-18(7-5-17)12-8-15-9-12/h2-3,10-12,15H,4-9H2,1H3. The van der Waals surface area contributed by atoms with E-state index in [1.54, 1.807) is 12.4 Å². The minimum Gasteiger partial charge on any atom is -0.314 e. The Morgan fingerprint density at radius 2 is 2.00 bits per heavy atom. The van der Waals surface area contributed by atoms with Gasteiger partial charge in [-0.2, -0.15) is 0 Å². The summed E-state index contributed by atoms with van der Waals surface area (Å²) < 4.78 is 0. The maximum absolute atomic E-state index is 4.41. The molecule has 2 aliphatic rings. The first-order chi connectivity index (χ1) is 8.84. The molecular formula is C13H21N5. The molecule has 0 aromatic carbocycles. The zero-order chi connectivity index (χ0) is 12.4. The van der Waals surface area contributed by atoms with Crippen molar-refractivity contribution < 1.29 is 0 Å². The quantitative estimate of drug-likeness (QED) is 0.822. The molecule has 1 atom stereocenters. The van der Waals surface area contributed by atoms with Gasteiger partial charge in [0.1, 0.15) is 0 Å². The summed E-state index contributed by atoms with van der Waals surface area (Å²) in [7, 11) is 0. The molecule has 1 aromatic rings. The van der Waals surface area contributed by atoms with Gasteiger partial charge in [0.05, 0.1) is 11.7 Å². The van der Waals surface area contributed by atoms with Gasteiger partial charge in [-0.15, -0.1) is 0 Å². The van der Waals surface area contributed by atoms with Crippen LogP contribution in [0.2, 0.25) is 0 Å². The third-order valence-electron chi connectivity index (χ3n) is 4.18. The molecule has 2 saturated heterocycles. The third-order valence-corrected chi connectivity index (χ3v) is 4.18. The third kappa shape index (κ3) is 2.39. The monoisotopic (exact) mass is 247 g/mol. The maximum Gasteiger partial charge on any atom is 0.0755 e. The lowest BCUT2D eigenvalue weighted by Crippen LogP contribution is -2.61. The van der Waals surface area contributed by atoms with Crippen molar-refractivity contribution >= 4 is 0 Å². The molecule has 0 amide bonds. The van der Waals surface area contributed by atoms with Crippen LogP contribution < -0.4 is 5.32 Å². The van der Waals surface area contributed by atoms with Crippen molar-refractivity contribution in [2.75, 3.05) is 39.3 Å². The minimum absolute atomic E-state index is 0.375. The summed E-state index contributed by atoms with van der Waals surface area (Å²) in [6.07, 6.45) is 5.40. The van der Waals surface area contributed by atoms with Crippen molar-refractivity contribution in [3.8, 4) is 0 Å². The van der Waals surface area contributed by atoms with Crippen LogP contribution in [0.25, 0.3) is 0 Å². The number of nitrogens with one attached hydrogen (secondary N) is 1. The molecule has 18 heavy (non-hydrogen) atoms. The van der Waals surface area contributed by atoms with Crippen molar-refractivity contribution in [3.63, 3.8) is 0 Å². The van der Waals surface area contributed by atoms with Crippen molar-refractivity contribution in [1.82, 2.24) is 25.1 Å². The lowest BCUT2D eigenvalue weighted by Gasteiger charge is -2.44. The highest BCUT2D eigenvalue weighted by Crippen LogP contribution is 2.20. The predicted molar refractivity (Wildman–Crippen MR) is 70.3 cm³/mol. The van der Waals surface area contributed by atoms with E-state index >= 15 is 0 Å². The Bertz CT molecular complexity index is 370. The number of piperazine rings is 1. The van der Waals surface area contributed by atoms with Gasteiger partial charge < -0.3 is 5.32 Å². The van der Waals surface area contributed by atoms with Crippen LogP contribution in [0.1, 0.15) is 18.7 Å². The Morgan fingerprint density at radius 3 is 2.56 bits per heavy atom. The van der Waals surface area contributed by atoms with Gasteiger partial charge in [0, 0.05) is 63.9 Å². The van der Waals surface area contributed by atoms with Crippen LogP contribution in [0.4, 0.5) is 0 Å². The number of aromatic nitrogens is 2. The Kier molecular flexibility index (Phi) is 3.54. The molecule has 1 aromatic heterocycles. The van der Waals surface area contributed by atoms with E-state index in [0.717, 1.165) is 24.8 Å². The van der Waals surface area contributed by atoms with Gasteiger partial charge >= 0.3 is 0 Å². The van der Waals surface area contributed by atoms with E-state index in [4.69, 9.17) is 0 Å². The van der Waals surface area contributed by atoms with Crippen molar-refractivity contribution in [2.24, 2.45) is 0 Å². The molecule has 0 radical (unpaired) electrons. The first-order valence-corrected chi connectivity index (χ1v) is 6.79. The molecule has 0 spiro atoms. The van der Waals surface area contributed by atoms with Crippen molar-refractivity contribution in [3.05, 3.63) is 24.3 Å². The highest BCUT2D eigenvalue weighted by Gasteiger charge is 2.29. The summed E-state index contributed by atoms with van der Waals surface area (Å²) in [5.74, 6) is 0. The van der Waals surface area contributed by atoms with E-state index < -0.39 is 0 Å². The Morgan fingerprint density at radius 1 is 1.22 bits per heavy atom. The van der Waals surface area contributed by atoms with Crippen molar-refractivity contribution in [2.45, 2.75) is 19.0 Å². The Labute approximate surface area is 108 Å². The zero-order valence-corrected chi connectivity index (χ0v) is 10.9. The van der Waals surface area contributed by atoms with Gasteiger partial charge in [-0.05, 0) is 6.92 Å². The SMILES string of the molecule is CC(c1cnccn1)N1CCN(C2CNC2)CC1. The first-order valence-electron chi connectivity index (χ1n) is 6.79. The lowest BCUT2D eigenvalue weighted by molar-refractivity contribution is 0.0543. The molecule has 5 nitrogen and oxygen atoms in total. The van der Waals surface area contributed by atoms with Gasteiger partial charge in [0.25, 0.3) is 0 Å². The van der Waals surface area contributed by atoms with E-state index in [2.05, 4.69) is 32.0 Å². The van der Waals surface area contributed by atoms with E-state index in [0.29, 0.717) is 6.04 Å². The Balaban J connectivity index is 1.55. The summed E-state index contributed by atoms with van der Waals surface area (Å²) in [5.41, 5.74) is 1.08. The smallest absolute Gasteiger partial charge is 0.0755 e. The molecule has 3 rings (SSSR count). The van der Waals surface area contributed by atoms with E-state index in [-0.39, 0.29) is 0 Å². The molecule has 0 saturated carbocycles. The van der Waals surface area contributed by atoms with Gasteiger partial charge in [-0.25, -0.2) is 0 Å². The highest BCUT2D eigenvalue weighted by molar-refractivity contribution is 5.02. The predicted octanol–water partition coefficient (Wildman–Crippen LogP) is 0.127. The molecule has 98 valence electrons. The number of nitrogens with zero attached hydrogens (tertiary/aromatic N) is 4. The molecule has 3 heterocycles. The summed E-state index contributed by atoms with van der Waals surface area (Å²) >= 11 is 0. The average molecular weight is 247 g/mol. The van der Waals surface area contributed by atoms with Gasteiger partial charge in [-0.3, -0.25) is 19.8 Å². The molecule has 2 aliphatic heterocycles. The fraction of sp³-hybridized carbons (Fsp3) is 0.692. The molecule has 1 N–H and O–H groups in total. The zero-order valence-electron chi connectivity index (χ0n) is 10.9. The highest BCUT2D eigenvalue weighted by atomic mass is 15.3. The molecule has 2 fully saturated rings. The lowest BCUT2D eigenvalue weighted by atomic mass is 10.1. The molecule has 0 aliphatic carbocycles. The van der Waals surface area contributed by atoms with Crippen LogP contribution in [-0.4, -0.2) is 65.1 Å². The second-order valence-electron chi connectivity index (χ2n) is 5.19. The van der Waals surface area contributed by atoms with Gasteiger partial charge in [0.15, 0.2) is 0 Å². The minimum atomic E-state index is 0.375. The number of hydrogen-bond acceptors (Lipinski definition) is 5. The number of hydrogen-bond donors (Lipinski definition) is 1. The maximum atomic E-state index is 4.41. The summed E-state index contributed by atoms with van der Waals surface area (Å²) in [6.45, 7) is 9.18. The van der Waals surface area contributed by atoms with E-state index in [9.17, 15) is 0 Å². The van der Waals surface area contributed by atoms with Gasteiger partial charge in [-0.1, -0.05) is 0 Å². The fourth-order valence-corrected chi connectivity index (χ4v) is 2.73. The fourth-order valence-electron chi connectivity index (χ4n) is 2.73. The summed E-state index contributed by atoms with van der Waals surface area (Å²) in [5, 5.41) is 3.34. The second kappa shape index (κ2) is 5.30. The first kappa shape index (κ1) is 12.0. The van der Waals surface area contributed by atoms with Crippen LogP contribution in [0.3, 0.4) is 0 Å². The van der Waals surface area contributed by atoms with Crippen molar-refractivity contribution in [1.29, 1.82) is 0 Å². The largest absolute Gasteiger partial charge is 0.314 e. The van der Waals surface area contributed by atoms with E-state index in [1.165, 1.54) is 26.2 Å². The Hall–Kier alpha value is -1.04. The topological polar surface area (TPSA) is 44.3 Å². The van der Waals surface area contributed by atoms with Crippen LogP contribution in [0.5, 0.6) is 0 Å².